The van der Waals surface area contributed by atoms with E-state index < -0.39 is 0 Å². The Labute approximate surface area is 140 Å². The minimum Gasteiger partial charge on any atom is -0.483 e. The van der Waals surface area contributed by atoms with Gasteiger partial charge in [-0.1, -0.05) is 31.5 Å². The highest BCUT2D eigenvalue weighted by Gasteiger charge is 2.14. The number of halogens is 1. The summed E-state index contributed by atoms with van der Waals surface area (Å²) >= 11 is 0. The van der Waals surface area contributed by atoms with Gasteiger partial charge >= 0.3 is 0 Å². The van der Waals surface area contributed by atoms with Gasteiger partial charge in [0.05, 0.1) is 0 Å². The Bertz CT molecular complexity index is 467. The fourth-order valence-electron chi connectivity index (χ4n) is 2.58. The lowest BCUT2D eigenvalue weighted by atomic mass is 10.0. The van der Waals surface area contributed by atoms with Crippen molar-refractivity contribution in [3.63, 3.8) is 0 Å². The molecule has 0 radical (unpaired) electrons. The van der Waals surface area contributed by atoms with Gasteiger partial charge in [0.15, 0.2) is 6.61 Å². The minimum atomic E-state index is -0.120. The van der Waals surface area contributed by atoms with Crippen LogP contribution >= 0.6 is 12.4 Å². The lowest BCUT2D eigenvalue weighted by Gasteiger charge is -2.19. The molecule has 0 bridgehead atoms. The number of hydrogen-bond donors (Lipinski definition) is 2. The molecule has 0 aromatic heterocycles. The van der Waals surface area contributed by atoms with Gasteiger partial charge in [0.25, 0.3) is 5.91 Å². The molecule has 5 heteroatoms. The highest BCUT2D eigenvalue weighted by molar-refractivity contribution is 5.85. The van der Waals surface area contributed by atoms with Gasteiger partial charge in [0.1, 0.15) is 5.75 Å². The van der Waals surface area contributed by atoms with Crippen molar-refractivity contribution in [2.75, 3.05) is 13.2 Å². The van der Waals surface area contributed by atoms with Gasteiger partial charge in [-0.15, -0.1) is 12.4 Å². The Balaban J connectivity index is 0.00000441. The lowest BCUT2D eigenvalue weighted by molar-refractivity contribution is -0.123. The summed E-state index contributed by atoms with van der Waals surface area (Å²) in [7, 11) is 0. The first-order valence-corrected chi connectivity index (χ1v) is 7.53. The van der Waals surface area contributed by atoms with Crippen LogP contribution < -0.4 is 15.8 Å². The third kappa shape index (κ3) is 6.67. The third-order valence-corrected chi connectivity index (χ3v) is 3.36. The number of amides is 1. The molecule has 126 valence electrons. The molecule has 0 fully saturated rings. The number of carbonyl (C=O) groups excluding carboxylic acids is 1. The van der Waals surface area contributed by atoms with E-state index in [-0.39, 0.29) is 31.0 Å². The molecule has 1 aromatic carbocycles. The maximum Gasteiger partial charge on any atom is 0.258 e. The average Bonchev–Trinajstić information content (AvgIpc) is 2.35. The second kappa shape index (κ2) is 9.70. The Kier molecular flexibility index (Phi) is 9.14. The molecule has 1 atom stereocenters. The summed E-state index contributed by atoms with van der Waals surface area (Å²) in [6.45, 7) is 10.7. The largest absolute Gasteiger partial charge is 0.483 e. The van der Waals surface area contributed by atoms with Crippen molar-refractivity contribution in [2.24, 2.45) is 11.7 Å². The van der Waals surface area contributed by atoms with Gasteiger partial charge in [-0.2, -0.15) is 0 Å². The van der Waals surface area contributed by atoms with Crippen LogP contribution in [0.15, 0.2) is 12.1 Å². The molecule has 0 aliphatic heterocycles. The molecule has 0 aliphatic rings. The van der Waals surface area contributed by atoms with Gasteiger partial charge in [0.2, 0.25) is 0 Å². The monoisotopic (exact) mass is 328 g/mol. The van der Waals surface area contributed by atoms with Crippen LogP contribution in [-0.2, 0) is 4.79 Å². The first-order chi connectivity index (χ1) is 9.83. The van der Waals surface area contributed by atoms with Crippen molar-refractivity contribution >= 4 is 18.3 Å². The number of ether oxygens (including phenoxy) is 1. The standard InChI is InChI=1S/C17H28N2O2.ClH/c1-11(2)6-15(9-18)19-16(20)10-21-17-13(4)7-12(3)8-14(17)5;/h7-8,11,15H,6,9-10,18H2,1-5H3,(H,19,20);1H. The quantitative estimate of drug-likeness (QED) is 0.809. The smallest absolute Gasteiger partial charge is 0.258 e. The predicted octanol–water partition coefficient (Wildman–Crippen LogP) is 2.90. The van der Waals surface area contributed by atoms with Crippen LogP contribution in [-0.4, -0.2) is 25.1 Å². The van der Waals surface area contributed by atoms with Crippen LogP contribution in [0.1, 0.15) is 37.0 Å². The van der Waals surface area contributed by atoms with Crippen LogP contribution in [0.5, 0.6) is 5.75 Å². The fraction of sp³-hybridized carbons (Fsp3) is 0.588. The normalized spacial score (nSPS) is 11.8. The van der Waals surface area contributed by atoms with Crippen molar-refractivity contribution in [1.29, 1.82) is 0 Å². The molecule has 0 aliphatic carbocycles. The van der Waals surface area contributed by atoms with Gasteiger partial charge in [-0.05, 0) is 44.2 Å². The molecule has 0 saturated carbocycles. The molecule has 4 nitrogen and oxygen atoms in total. The maximum atomic E-state index is 12.0. The van der Waals surface area contributed by atoms with Gasteiger partial charge in [-0.3, -0.25) is 4.79 Å². The van der Waals surface area contributed by atoms with E-state index in [2.05, 4.69) is 31.3 Å². The molecule has 1 amide bonds. The van der Waals surface area contributed by atoms with E-state index in [1.807, 2.05) is 20.8 Å². The Hall–Kier alpha value is -1.26. The zero-order valence-corrected chi connectivity index (χ0v) is 15.0. The molecule has 0 heterocycles. The zero-order chi connectivity index (χ0) is 16.0. The van der Waals surface area contributed by atoms with E-state index in [1.165, 1.54) is 5.56 Å². The predicted molar refractivity (Wildman–Crippen MR) is 93.8 cm³/mol. The summed E-state index contributed by atoms with van der Waals surface area (Å²) < 4.78 is 5.68. The van der Waals surface area contributed by atoms with Crippen LogP contribution in [0, 0.1) is 26.7 Å². The van der Waals surface area contributed by atoms with Crippen molar-refractivity contribution in [3.8, 4) is 5.75 Å². The number of nitrogens with two attached hydrogens (primary N) is 1. The summed E-state index contributed by atoms with van der Waals surface area (Å²) in [4.78, 5) is 12.0. The number of hydrogen-bond acceptors (Lipinski definition) is 3. The Morgan fingerprint density at radius 3 is 2.23 bits per heavy atom. The van der Waals surface area contributed by atoms with E-state index in [0.717, 1.165) is 23.3 Å². The molecule has 0 saturated heterocycles. The van der Waals surface area contributed by atoms with Crippen molar-refractivity contribution < 1.29 is 9.53 Å². The Morgan fingerprint density at radius 2 is 1.77 bits per heavy atom. The summed E-state index contributed by atoms with van der Waals surface area (Å²) in [6.07, 6.45) is 0.880. The van der Waals surface area contributed by atoms with Gasteiger partial charge < -0.3 is 15.8 Å². The number of carbonyl (C=O) groups is 1. The molecule has 1 unspecified atom stereocenters. The topological polar surface area (TPSA) is 64.3 Å². The van der Waals surface area contributed by atoms with Crippen molar-refractivity contribution in [2.45, 2.75) is 47.1 Å². The van der Waals surface area contributed by atoms with Crippen LogP contribution in [0.25, 0.3) is 0 Å². The molecular weight excluding hydrogens is 300 g/mol. The summed E-state index contributed by atoms with van der Waals surface area (Å²) in [5.74, 6) is 1.18. The number of benzene rings is 1. The molecular formula is C17H29ClN2O2. The molecule has 1 aromatic rings. The average molecular weight is 329 g/mol. The van der Waals surface area contributed by atoms with Crippen molar-refractivity contribution in [1.82, 2.24) is 5.32 Å². The fourth-order valence-corrected chi connectivity index (χ4v) is 2.58. The molecule has 22 heavy (non-hydrogen) atoms. The molecule has 0 spiro atoms. The Morgan fingerprint density at radius 1 is 1.23 bits per heavy atom. The van der Waals surface area contributed by atoms with Gasteiger partial charge in [0, 0.05) is 12.6 Å². The van der Waals surface area contributed by atoms with Gasteiger partial charge in [-0.25, -0.2) is 0 Å². The maximum absolute atomic E-state index is 12.0. The SMILES string of the molecule is Cc1cc(C)c(OCC(=O)NC(CN)CC(C)C)c(C)c1.Cl. The first-order valence-electron chi connectivity index (χ1n) is 7.53. The number of aryl methyl sites for hydroxylation is 3. The van der Waals surface area contributed by atoms with E-state index in [1.54, 1.807) is 0 Å². The summed E-state index contributed by atoms with van der Waals surface area (Å²) in [5.41, 5.74) is 8.99. The highest BCUT2D eigenvalue weighted by Crippen LogP contribution is 2.24. The second-order valence-electron chi connectivity index (χ2n) is 6.15. The van der Waals surface area contributed by atoms with Crippen LogP contribution in [0.2, 0.25) is 0 Å². The van der Waals surface area contributed by atoms with E-state index in [4.69, 9.17) is 10.5 Å². The molecule has 1 rings (SSSR count). The van der Waals surface area contributed by atoms with E-state index in [0.29, 0.717) is 12.5 Å². The second-order valence-corrected chi connectivity index (χ2v) is 6.15. The van der Waals surface area contributed by atoms with Crippen LogP contribution in [0.3, 0.4) is 0 Å². The van der Waals surface area contributed by atoms with Crippen LogP contribution in [0.4, 0.5) is 0 Å². The third-order valence-electron chi connectivity index (χ3n) is 3.36. The minimum absolute atomic E-state index is 0. The van der Waals surface area contributed by atoms with E-state index >= 15 is 0 Å². The zero-order valence-electron chi connectivity index (χ0n) is 14.2. The van der Waals surface area contributed by atoms with E-state index in [9.17, 15) is 4.79 Å². The number of rotatable bonds is 7. The first kappa shape index (κ1) is 20.7. The summed E-state index contributed by atoms with van der Waals surface area (Å²) in [6, 6.07) is 4.13. The summed E-state index contributed by atoms with van der Waals surface area (Å²) in [5, 5.41) is 2.93. The van der Waals surface area contributed by atoms with Crippen molar-refractivity contribution in [3.05, 3.63) is 28.8 Å². The highest BCUT2D eigenvalue weighted by atomic mass is 35.5. The molecule has 3 N–H and O–H groups in total. The lowest BCUT2D eigenvalue weighted by Crippen LogP contribution is -2.43. The number of nitrogens with one attached hydrogen (secondary N) is 1.